The molecule has 1 amide bonds. The third-order valence-electron chi connectivity index (χ3n) is 5.18. The highest BCUT2D eigenvalue weighted by atomic mass is 32.2. The molecule has 6 nitrogen and oxygen atoms in total. The molecule has 0 fully saturated rings. The first kappa shape index (κ1) is 26.0. The van der Waals surface area contributed by atoms with Gasteiger partial charge >= 0.3 is 6.18 Å². The van der Waals surface area contributed by atoms with Gasteiger partial charge in [-0.1, -0.05) is 53.6 Å². The average Bonchev–Trinajstić information content (AvgIpc) is 2.81. The molecule has 1 N–H and O–H groups in total. The second-order valence-electron chi connectivity index (χ2n) is 7.97. The van der Waals surface area contributed by atoms with Gasteiger partial charge in [-0.05, 0) is 56.7 Å². The molecule has 0 unspecified atom stereocenters. The minimum Gasteiger partial charge on any atom is -0.271 e. The van der Waals surface area contributed by atoms with Crippen LogP contribution in [0.25, 0.3) is 0 Å². The summed E-state index contributed by atoms with van der Waals surface area (Å²) in [6.45, 7) is 4.58. The lowest BCUT2D eigenvalue weighted by molar-refractivity contribution is -0.137. The van der Waals surface area contributed by atoms with Crippen LogP contribution in [0.3, 0.4) is 0 Å². The molecule has 0 aliphatic rings. The number of carbonyl (C=O) groups excluding carboxylic acids is 1. The van der Waals surface area contributed by atoms with Crippen molar-refractivity contribution in [2.75, 3.05) is 10.8 Å². The zero-order valence-electron chi connectivity index (χ0n) is 19.3. The molecule has 0 aromatic heterocycles. The van der Waals surface area contributed by atoms with E-state index in [-0.39, 0.29) is 10.6 Å². The molecule has 35 heavy (non-hydrogen) atoms. The maximum atomic E-state index is 13.4. The van der Waals surface area contributed by atoms with Gasteiger partial charge in [0.15, 0.2) is 0 Å². The molecule has 0 radical (unpaired) electrons. The first-order valence-electron chi connectivity index (χ1n) is 10.5. The number of amides is 1. The van der Waals surface area contributed by atoms with Crippen LogP contribution >= 0.6 is 0 Å². The molecule has 3 rings (SSSR count). The Hall–Kier alpha value is -3.66. The van der Waals surface area contributed by atoms with Gasteiger partial charge in [-0.25, -0.2) is 13.8 Å². The van der Waals surface area contributed by atoms with E-state index in [2.05, 4.69) is 10.5 Å². The van der Waals surface area contributed by atoms with Crippen LogP contribution in [0, 0.1) is 13.8 Å². The fraction of sp³-hybridized carbons (Fsp3) is 0.200. The van der Waals surface area contributed by atoms with E-state index in [0.29, 0.717) is 16.1 Å². The molecule has 0 bridgehead atoms. The molecular weight excluding hydrogens is 479 g/mol. The zero-order valence-corrected chi connectivity index (χ0v) is 20.1. The Labute approximate surface area is 202 Å². The average molecular weight is 504 g/mol. The number of hydrazone groups is 1. The highest BCUT2D eigenvalue weighted by Gasteiger charge is 2.33. The van der Waals surface area contributed by atoms with Gasteiger partial charge in [0.2, 0.25) is 0 Å². The van der Waals surface area contributed by atoms with Crippen molar-refractivity contribution < 1.29 is 26.4 Å². The Kier molecular flexibility index (Phi) is 7.64. The SMILES string of the molecule is C/C(=N/NC(=O)CN(c1cccc(C(F)(F)F)c1)S(=O)(=O)c1ccc(C)cc1)c1ccc(C)cc1. The summed E-state index contributed by atoms with van der Waals surface area (Å²) in [5.74, 6) is -0.815. The molecule has 0 saturated heterocycles. The molecule has 0 aliphatic heterocycles. The number of rotatable bonds is 7. The minimum absolute atomic E-state index is 0.160. The van der Waals surface area contributed by atoms with Crippen molar-refractivity contribution in [3.05, 3.63) is 95.1 Å². The normalized spacial score (nSPS) is 12.3. The van der Waals surface area contributed by atoms with E-state index >= 15 is 0 Å². The zero-order chi connectivity index (χ0) is 25.8. The predicted molar refractivity (Wildman–Crippen MR) is 129 cm³/mol. The second-order valence-corrected chi connectivity index (χ2v) is 9.83. The van der Waals surface area contributed by atoms with Crippen molar-refractivity contribution in [2.45, 2.75) is 31.8 Å². The monoisotopic (exact) mass is 503 g/mol. The smallest absolute Gasteiger partial charge is 0.271 e. The summed E-state index contributed by atoms with van der Waals surface area (Å²) >= 11 is 0. The highest BCUT2D eigenvalue weighted by molar-refractivity contribution is 7.92. The Balaban J connectivity index is 1.94. The molecule has 184 valence electrons. The van der Waals surface area contributed by atoms with E-state index in [1.807, 2.05) is 31.2 Å². The van der Waals surface area contributed by atoms with Crippen LogP contribution in [0.15, 0.2) is 82.8 Å². The number of hydrogen-bond donors (Lipinski definition) is 1. The number of benzene rings is 3. The molecular formula is C25H24F3N3O3S. The van der Waals surface area contributed by atoms with E-state index in [4.69, 9.17) is 0 Å². The first-order chi connectivity index (χ1) is 16.4. The number of sulfonamides is 1. The number of aryl methyl sites for hydroxylation is 2. The summed E-state index contributed by atoms with van der Waals surface area (Å²) in [5.41, 5.74) is 4.03. The summed E-state index contributed by atoms with van der Waals surface area (Å²) in [7, 11) is -4.37. The van der Waals surface area contributed by atoms with Crippen molar-refractivity contribution >= 4 is 27.3 Å². The molecule has 0 heterocycles. The lowest BCUT2D eigenvalue weighted by atomic mass is 10.1. The van der Waals surface area contributed by atoms with Gasteiger partial charge in [-0.2, -0.15) is 18.3 Å². The van der Waals surface area contributed by atoms with Crippen LogP contribution in [0.2, 0.25) is 0 Å². The van der Waals surface area contributed by atoms with Gasteiger partial charge in [0.05, 0.1) is 21.9 Å². The first-order valence-corrected chi connectivity index (χ1v) is 12.0. The van der Waals surface area contributed by atoms with Gasteiger partial charge in [-0.15, -0.1) is 0 Å². The van der Waals surface area contributed by atoms with Crippen molar-refractivity contribution in [1.29, 1.82) is 0 Å². The predicted octanol–water partition coefficient (Wildman–Crippen LogP) is 5.06. The van der Waals surface area contributed by atoms with Crippen LogP contribution in [0.4, 0.5) is 18.9 Å². The van der Waals surface area contributed by atoms with Gasteiger partial charge in [0.25, 0.3) is 15.9 Å². The van der Waals surface area contributed by atoms with Crippen LogP contribution in [-0.2, 0) is 21.0 Å². The number of halogens is 3. The van der Waals surface area contributed by atoms with E-state index < -0.39 is 34.2 Å². The largest absolute Gasteiger partial charge is 0.416 e. The summed E-state index contributed by atoms with van der Waals surface area (Å²) in [5, 5.41) is 4.01. The number of nitrogens with zero attached hydrogens (tertiary/aromatic N) is 2. The molecule has 3 aromatic carbocycles. The Morgan fingerprint density at radius 1 is 0.943 bits per heavy atom. The number of hydrogen-bond acceptors (Lipinski definition) is 4. The molecule has 0 saturated carbocycles. The van der Waals surface area contributed by atoms with E-state index in [1.54, 1.807) is 26.0 Å². The fourth-order valence-corrected chi connectivity index (χ4v) is 4.57. The number of carbonyl (C=O) groups is 1. The molecule has 0 aliphatic carbocycles. The highest BCUT2D eigenvalue weighted by Crippen LogP contribution is 2.33. The fourth-order valence-electron chi connectivity index (χ4n) is 3.16. The Bertz CT molecular complexity index is 1330. The van der Waals surface area contributed by atoms with Crippen molar-refractivity contribution in [2.24, 2.45) is 5.10 Å². The molecule has 3 aromatic rings. The topological polar surface area (TPSA) is 78.8 Å². The van der Waals surface area contributed by atoms with Gasteiger partial charge in [0, 0.05) is 0 Å². The lowest BCUT2D eigenvalue weighted by Gasteiger charge is -2.24. The van der Waals surface area contributed by atoms with Crippen molar-refractivity contribution in [1.82, 2.24) is 5.43 Å². The summed E-state index contributed by atoms with van der Waals surface area (Å²) < 4.78 is 67.2. The van der Waals surface area contributed by atoms with Crippen LogP contribution < -0.4 is 9.73 Å². The molecule has 0 atom stereocenters. The maximum absolute atomic E-state index is 13.4. The summed E-state index contributed by atoms with van der Waals surface area (Å²) in [6.07, 6.45) is -4.69. The van der Waals surface area contributed by atoms with E-state index in [9.17, 15) is 26.4 Å². The number of alkyl halides is 3. The Morgan fingerprint density at radius 3 is 2.09 bits per heavy atom. The standard InChI is InChI=1S/C25H24F3N3O3S/c1-17-7-11-20(12-8-17)19(3)29-30-24(32)16-31(22-6-4-5-21(15-22)25(26,27)28)35(33,34)23-13-9-18(2)10-14-23/h4-15H,16H2,1-3H3,(H,30,32)/b29-19-. The van der Waals surface area contributed by atoms with Crippen LogP contribution in [0.1, 0.15) is 29.2 Å². The van der Waals surface area contributed by atoms with Crippen molar-refractivity contribution in [3.63, 3.8) is 0 Å². The van der Waals surface area contributed by atoms with E-state index in [1.165, 1.54) is 18.2 Å². The van der Waals surface area contributed by atoms with E-state index in [0.717, 1.165) is 28.8 Å². The summed E-state index contributed by atoms with van der Waals surface area (Å²) in [6, 6.07) is 17.0. The molecule has 0 spiro atoms. The minimum atomic E-state index is -4.69. The number of anilines is 1. The second kappa shape index (κ2) is 10.3. The van der Waals surface area contributed by atoms with Gasteiger partial charge < -0.3 is 0 Å². The van der Waals surface area contributed by atoms with Crippen LogP contribution in [-0.4, -0.2) is 26.6 Å². The maximum Gasteiger partial charge on any atom is 0.416 e. The summed E-state index contributed by atoms with van der Waals surface area (Å²) in [4.78, 5) is 12.5. The Morgan fingerprint density at radius 2 is 1.51 bits per heavy atom. The van der Waals surface area contributed by atoms with Gasteiger partial charge in [0.1, 0.15) is 6.54 Å². The quantitative estimate of drug-likeness (QED) is 0.362. The van der Waals surface area contributed by atoms with Crippen LogP contribution in [0.5, 0.6) is 0 Å². The molecule has 10 heteroatoms. The lowest BCUT2D eigenvalue weighted by Crippen LogP contribution is -2.40. The number of nitrogens with one attached hydrogen (secondary N) is 1. The third-order valence-corrected chi connectivity index (χ3v) is 6.96. The third kappa shape index (κ3) is 6.48. The van der Waals surface area contributed by atoms with Crippen molar-refractivity contribution in [3.8, 4) is 0 Å². The van der Waals surface area contributed by atoms with Gasteiger partial charge in [-0.3, -0.25) is 9.10 Å².